The summed E-state index contributed by atoms with van der Waals surface area (Å²) in [6, 6.07) is 9.59. The minimum atomic E-state index is 0.0320. The van der Waals surface area contributed by atoms with E-state index in [0.29, 0.717) is 18.1 Å². The predicted molar refractivity (Wildman–Crippen MR) is 87.5 cm³/mol. The number of rotatable bonds is 4. The monoisotopic (exact) mass is 364 g/mol. The Hall–Kier alpha value is -1.66. The van der Waals surface area contributed by atoms with Crippen LogP contribution in [0.3, 0.4) is 0 Å². The number of benzene rings is 1. The van der Waals surface area contributed by atoms with Gasteiger partial charge < -0.3 is 4.42 Å². The molecule has 21 heavy (non-hydrogen) atoms. The molecular weight excluding hydrogens is 352 g/mol. The minimum absolute atomic E-state index is 0.0320. The third kappa shape index (κ3) is 3.01. The van der Waals surface area contributed by atoms with E-state index < -0.39 is 0 Å². The van der Waals surface area contributed by atoms with Crippen molar-refractivity contribution in [2.75, 3.05) is 4.90 Å². The second-order valence-corrected chi connectivity index (χ2v) is 6.45. The van der Waals surface area contributed by atoms with Crippen molar-refractivity contribution in [1.29, 1.82) is 0 Å². The van der Waals surface area contributed by atoms with Gasteiger partial charge in [-0.25, -0.2) is 4.98 Å². The number of hydrogen-bond donors (Lipinski definition) is 0. The molecule has 2 heterocycles. The zero-order valence-electron chi connectivity index (χ0n) is 11.4. The Balaban J connectivity index is 1.99. The maximum atomic E-state index is 12.2. The number of anilines is 1. The largest absolute Gasteiger partial charge is 0.467 e. The van der Waals surface area contributed by atoms with E-state index in [0.717, 1.165) is 20.4 Å². The van der Waals surface area contributed by atoms with Gasteiger partial charge in [0.05, 0.1) is 23.0 Å². The van der Waals surface area contributed by atoms with E-state index in [4.69, 9.17) is 4.42 Å². The molecule has 0 aliphatic rings. The molecule has 0 bridgehead atoms. The summed E-state index contributed by atoms with van der Waals surface area (Å²) in [6.45, 7) is 2.25. The summed E-state index contributed by atoms with van der Waals surface area (Å²) in [7, 11) is 0. The van der Waals surface area contributed by atoms with Gasteiger partial charge in [0.15, 0.2) is 5.13 Å². The Morgan fingerprint density at radius 3 is 3.00 bits per heavy atom. The smallest absolute Gasteiger partial charge is 0.228 e. The molecule has 0 unspecified atom stereocenters. The lowest BCUT2D eigenvalue weighted by Gasteiger charge is -2.17. The third-order valence-electron chi connectivity index (χ3n) is 3.07. The van der Waals surface area contributed by atoms with Gasteiger partial charge in [-0.05, 0) is 30.3 Å². The molecule has 1 amide bonds. The Morgan fingerprint density at radius 1 is 1.43 bits per heavy atom. The van der Waals surface area contributed by atoms with E-state index >= 15 is 0 Å². The molecule has 0 saturated carbocycles. The Labute approximate surface area is 134 Å². The molecule has 0 N–H and O–H groups in total. The molecule has 108 valence electrons. The number of nitrogens with zero attached hydrogens (tertiary/aromatic N) is 2. The molecule has 4 nitrogen and oxygen atoms in total. The van der Waals surface area contributed by atoms with E-state index in [1.54, 1.807) is 11.2 Å². The molecule has 3 rings (SSSR count). The molecule has 1 aromatic carbocycles. The van der Waals surface area contributed by atoms with Crippen molar-refractivity contribution in [3.05, 3.63) is 46.8 Å². The average molecular weight is 365 g/mol. The maximum absolute atomic E-state index is 12.2. The number of carbonyl (C=O) groups is 1. The Morgan fingerprint density at radius 2 is 2.29 bits per heavy atom. The van der Waals surface area contributed by atoms with Crippen LogP contribution < -0.4 is 4.90 Å². The number of halogens is 1. The number of carbonyl (C=O) groups excluding carboxylic acids is 1. The van der Waals surface area contributed by atoms with Crippen LogP contribution in [-0.4, -0.2) is 10.9 Å². The van der Waals surface area contributed by atoms with Gasteiger partial charge in [0, 0.05) is 10.9 Å². The molecule has 0 spiro atoms. The van der Waals surface area contributed by atoms with Crippen LogP contribution in [0.15, 0.2) is 45.5 Å². The van der Waals surface area contributed by atoms with Gasteiger partial charge in [-0.1, -0.05) is 34.2 Å². The van der Waals surface area contributed by atoms with E-state index in [1.807, 2.05) is 37.3 Å². The lowest BCUT2D eigenvalue weighted by atomic mass is 10.3. The summed E-state index contributed by atoms with van der Waals surface area (Å²) in [4.78, 5) is 18.5. The SMILES string of the molecule is CCC(=O)N(Cc1ccco1)c1nc2ccc(Br)cc2s1. The first-order valence-electron chi connectivity index (χ1n) is 6.56. The molecule has 0 fully saturated rings. The summed E-state index contributed by atoms with van der Waals surface area (Å²) < 4.78 is 7.40. The fraction of sp³-hybridized carbons (Fsp3) is 0.200. The van der Waals surface area contributed by atoms with Crippen LogP contribution in [0.1, 0.15) is 19.1 Å². The topological polar surface area (TPSA) is 46.3 Å². The highest BCUT2D eigenvalue weighted by Gasteiger charge is 2.19. The highest BCUT2D eigenvalue weighted by Crippen LogP contribution is 2.32. The van der Waals surface area contributed by atoms with Crippen molar-refractivity contribution in [3.8, 4) is 0 Å². The average Bonchev–Trinajstić information content (AvgIpc) is 3.12. The van der Waals surface area contributed by atoms with Crippen molar-refractivity contribution in [2.24, 2.45) is 0 Å². The van der Waals surface area contributed by atoms with Crippen molar-refractivity contribution in [1.82, 2.24) is 4.98 Å². The van der Waals surface area contributed by atoms with Crippen molar-refractivity contribution in [3.63, 3.8) is 0 Å². The van der Waals surface area contributed by atoms with Crippen molar-refractivity contribution >= 4 is 48.5 Å². The third-order valence-corrected chi connectivity index (χ3v) is 4.60. The van der Waals surface area contributed by atoms with Gasteiger partial charge in [-0.3, -0.25) is 9.69 Å². The lowest BCUT2D eigenvalue weighted by molar-refractivity contribution is -0.118. The van der Waals surface area contributed by atoms with Gasteiger partial charge in [0.25, 0.3) is 0 Å². The highest BCUT2D eigenvalue weighted by atomic mass is 79.9. The van der Waals surface area contributed by atoms with Gasteiger partial charge >= 0.3 is 0 Å². The zero-order chi connectivity index (χ0) is 14.8. The second kappa shape index (κ2) is 5.99. The van der Waals surface area contributed by atoms with Gasteiger partial charge in [-0.2, -0.15) is 0 Å². The molecular formula is C15H13BrN2O2S. The van der Waals surface area contributed by atoms with Gasteiger partial charge in [-0.15, -0.1) is 0 Å². The number of thiazole rings is 1. The lowest BCUT2D eigenvalue weighted by Crippen LogP contribution is -2.29. The number of furan rings is 1. The number of fused-ring (bicyclic) bond motifs is 1. The van der Waals surface area contributed by atoms with E-state index in [9.17, 15) is 4.79 Å². The number of aromatic nitrogens is 1. The van der Waals surface area contributed by atoms with Crippen LogP contribution in [-0.2, 0) is 11.3 Å². The molecule has 2 aromatic heterocycles. The van der Waals surface area contributed by atoms with Crippen molar-refractivity contribution in [2.45, 2.75) is 19.9 Å². The molecule has 0 radical (unpaired) electrons. The fourth-order valence-corrected chi connectivity index (χ4v) is 3.55. The summed E-state index contributed by atoms with van der Waals surface area (Å²) in [5.41, 5.74) is 0.895. The standard InChI is InChI=1S/C15H13BrN2O2S/c1-2-14(19)18(9-11-4-3-7-20-11)15-17-12-6-5-10(16)8-13(12)21-15/h3-8H,2,9H2,1H3. The van der Waals surface area contributed by atoms with Crippen LogP contribution in [0.2, 0.25) is 0 Å². The summed E-state index contributed by atoms with van der Waals surface area (Å²) >= 11 is 4.96. The molecule has 0 atom stereocenters. The molecule has 0 saturated heterocycles. The van der Waals surface area contributed by atoms with Crippen LogP contribution in [0, 0.1) is 0 Å². The first-order valence-corrected chi connectivity index (χ1v) is 8.17. The first kappa shape index (κ1) is 14.3. The fourth-order valence-electron chi connectivity index (χ4n) is 2.01. The maximum Gasteiger partial charge on any atom is 0.228 e. The van der Waals surface area contributed by atoms with Crippen LogP contribution >= 0.6 is 27.3 Å². The molecule has 6 heteroatoms. The van der Waals surface area contributed by atoms with Crippen LogP contribution in [0.4, 0.5) is 5.13 Å². The molecule has 0 aliphatic carbocycles. The van der Waals surface area contributed by atoms with E-state index in [2.05, 4.69) is 20.9 Å². The van der Waals surface area contributed by atoms with Crippen LogP contribution in [0.25, 0.3) is 10.2 Å². The van der Waals surface area contributed by atoms with Crippen LogP contribution in [0.5, 0.6) is 0 Å². The van der Waals surface area contributed by atoms with Gasteiger partial charge in [0.1, 0.15) is 5.76 Å². The summed E-state index contributed by atoms with van der Waals surface area (Å²) in [5.74, 6) is 0.779. The number of hydrogen-bond acceptors (Lipinski definition) is 4. The van der Waals surface area contributed by atoms with Crippen molar-refractivity contribution < 1.29 is 9.21 Å². The normalized spacial score (nSPS) is 11.0. The van der Waals surface area contributed by atoms with E-state index in [-0.39, 0.29) is 5.91 Å². The number of amides is 1. The zero-order valence-corrected chi connectivity index (χ0v) is 13.8. The molecule has 3 aromatic rings. The van der Waals surface area contributed by atoms with E-state index in [1.165, 1.54) is 11.3 Å². The summed E-state index contributed by atoms with van der Waals surface area (Å²) in [6.07, 6.45) is 2.04. The quantitative estimate of drug-likeness (QED) is 0.679. The minimum Gasteiger partial charge on any atom is -0.467 e. The predicted octanol–water partition coefficient (Wildman–Crippen LogP) is 4.60. The highest BCUT2D eigenvalue weighted by molar-refractivity contribution is 9.10. The Kier molecular flexibility index (Phi) is 4.07. The first-order chi connectivity index (χ1) is 10.2. The van der Waals surface area contributed by atoms with Gasteiger partial charge in [0.2, 0.25) is 5.91 Å². The second-order valence-electron chi connectivity index (χ2n) is 4.52. The summed E-state index contributed by atoms with van der Waals surface area (Å²) in [5, 5.41) is 0.700. The Bertz CT molecular complexity index is 767. The molecule has 0 aliphatic heterocycles.